The lowest BCUT2D eigenvalue weighted by Gasteiger charge is -2.18. The normalized spacial score (nSPS) is 13.2. The monoisotopic (exact) mass is 376 g/mol. The summed E-state index contributed by atoms with van der Waals surface area (Å²) >= 11 is 0. The number of nitrogens with one attached hydrogen (secondary N) is 2. The molecular weight excluding hydrogens is 356 g/mol. The molecule has 142 valence electrons. The summed E-state index contributed by atoms with van der Waals surface area (Å²) in [6.45, 7) is 0.253. The second-order valence-corrected chi connectivity index (χ2v) is 6.48. The summed E-state index contributed by atoms with van der Waals surface area (Å²) in [6.07, 6.45) is 0. The molecule has 1 aliphatic rings. The van der Waals surface area contributed by atoms with Crippen molar-refractivity contribution in [2.75, 3.05) is 13.8 Å². The second kappa shape index (κ2) is 7.72. The first-order chi connectivity index (χ1) is 13.7. The third-order valence-electron chi connectivity index (χ3n) is 4.82. The first-order valence-electron chi connectivity index (χ1n) is 8.91. The van der Waals surface area contributed by atoms with Gasteiger partial charge in [-0.1, -0.05) is 36.4 Å². The van der Waals surface area contributed by atoms with Crippen molar-refractivity contribution in [1.82, 2.24) is 10.8 Å². The summed E-state index contributed by atoms with van der Waals surface area (Å²) in [7, 11) is 1.92. The zero-order valence-corrected chi connectivity index (χ0v) is 15.3. The summed E-state index contributed by atoms with van der Waals surface area (Å²) in [5.41, 5.74) is 6.25. The van der Waals surface area contributed by atoms with Gasteiger partial charge in [0.1, 0.15) is 0 Å². The largest absolute Gasteiger partial charge is 0.454 e. The Morgan fingerprint density at radius 3 is 2.43 bits per heavy atom. The van der Waals surface area contributed by atoms with Crippen LogP contribution in [0.1, 0.15) is 27.5 Å². The Morgan fingerprint density at radius 2 is 1.68 bits per heavy atom. The highest BCUT2D eigenvalue weighted by Gasteiger charge is 2.18. The zero-order chi connectivity index (χ0) is 19.5. The fourth-order valence-corrected chi connectivity index (χ4v) is 3.39. The molecule has 6 nitrogen and oxygen atoms in total. The van der Waals surface area contributed by atoms with Crippen LogP contribution in [0.4, 0.5) is 0 Å². The molecule has 0 saturated heterocycles. The highest BCUT2D eigenvalue weighted by atomic mass is 16.7. The Morgan fingerprint density at radius 1 is 0.929 bits per heavy atom. The molecule has 0 bridgehead atoms. The van der Waals surface area contributed by atoms with Gasteiger partial charge in [0.25, 0.3) is 5.91 Å². The van der Waals surface area contributed by atoms with Gasteiger partial charge in [-0.3, -0.25) is 10.0 Å². The van der Waals surface area contributed by atoms with Gasteiger partial charge in [0.05, 0.1) is 6.04 Å². The lowest BCUT2D eigenvalue weighted by molar-refractivity contribution is 0.0706. The SMILES string of the molecule is CNC(c1cccc(-c2ccc(C(=O)NO)cc2)c1)c1ccc2c(c1)OCO2. The molecule has 1 amide bonds. The Labute approximate surface area is 162 Å². The smallest absolute Gasteiger partial charge is 0.274 e. The predicted molar refractivity (Wildman–Crippen MR) is 105 cm³/mol. The topological polar surface area (TPSA) is 79.8 Å². The molecular formula is C22H20N2O4. The molecule has 4 rings (SSSR count). The Hall–Kier alpha value is -3.35. The molecule has 1 heterocycles. The zero-order valence-electron chi connectivity index (χ0n) is 15.3. The van der Waals surface area contributed by atoms with Gasteiger partial charge in [0.15, 0.2) is 11.5 Å². The first kappa shape index (κ1) is 18.0. The van der Waals surface area contributed by atoms with Crippen molar-refractivity contribution >= 4 is 5.91 Å². The third-order valence-corrected chi connectivity index (χ3v) is 4.82. The van der Waals surface area contributed by atoms with E-state index in [4.69, 9.17) is 14.7 Å². The summed E-state index contributed by atoms with van der Waals surface area (Å²) in [6, 6.07) is 21.3. The molecule has 1 aliphatic heterocycles. The summed E-state index contributed by atoms with van der Waals surface area (Å²) in [4.78, 5) is 11.5. The van der Waals surface area contributed by atoms with E-state index in [2.05, 4.69) is 17.4 Å². The van der Waals surface area contributed by atoms with Crippen LogP contribution < -0.4 is 20.3 Å². The van der Waals surface area contributed by atoms with Crippen molar-refractivity contribution in [2.45, 2.75) is 6.04 Å². The van der Waals surface area contributed by atoms with Crippen molar-refractivity contribution in [1.29, 1.82) is 0 Å². The molecule has 0 aliphatic carbocycles. The average molecular weight is 376 g/mol. The van der Waals surface area contributed by atoms with Gasteiger partial charge in [0, 0.05) is 5.56 Å². The van der Waals surface area contributed by atoms with E-state index in [1.54, 1.807) is 17.6 Å². The van der Waals surface area contributed by atoms with E-state index in [0.29, 0.717) is 5.56 Å². The minimum atomic E-state index is -0.529. The van der Waals surface area contributed by atoms with Gasteiger partial charge < -0.3 is 14.8 Å². The molecule has 3 aromatic rings. The maximum absolute atomic E-state index is 11.5. The molecule has 0 aromatic heterocycles. The van der Waals surface area contributed by atoms with Crippen LogP contribution in [-0.4, -0.2) is 25.0 Å². The van der Waals surface area contributed by atoms with Gasteiger partial charge in [0.2, 0.25) is 6.79 Å². The molecule has 0 fully saturated rings. The fourth-order valence-electron chi connectivity index (χ4n) is 3.39. The van der Waals surface area contributed by atoms with Crippen molar-refractivity contribution in [3.63, 3.8) is 0 Å². The number of hydrogen-bond acceptors (Lipinski definition) is 5. The number of carbonyl (C=O) groups is 1. The lowest BCUT2D eigenvalue weighted by Crippen LogP contribution is -2.18. The minimum Gasteiger partial charge on any atom is -0.454 e. The molecule has 0 saturated carbocycles. The molecule has 0 radical (unpaired) electrons. The van der Waals surface area contributed by atoms with Crippen LogP contribution in [-0.2, 0) is 0 Å². The maximum atomic E-state index is 11.5. The molecule has 6 heteroatoms. The molecule has 28 heavy (non-hydrogen) atoms. The standard InChI is InChI=1S/C22H20N2O4/c1-23-21(18-9-10-19-20(12-18)28-13-27-19)17-4-2-3-16(11-17)14-5-7-15(8-6-14)22(25)24-26/h2-12,21,23,26H,13H2,1H3,(H,24,25). The van der Waals surface area contributed by atoms with Crippen LogP contribution in [0.15, 0.2) is 66.7 Å². The molecule has 3 aromatic carbocycles. The molecule has 1 unspecified atom stereocenters. The van der Waals surface area contributed by atoms with Crippen LogP contribution in [0, 0.1) is 0 Å². The molecule has 3 N–H and O–H groups in total. The van der Waals surface area contributed by atoms with Crippen LogP contribution in [0.5, 0.6) is 11.5 Å². The van der Waals surface area contributed by atoms with E-state index in [0.717, 1.165) is 33.8 Å². The van der Waals surface area contributed by atoms with E-state index in [-0.39, 0.29) is 12.8 Å². The van der Waals surface area contributed by atoms with Gasteiger partial charge in [-0.15, -0.1) is 0 Å². The number of rotatable bonds is 5. The predicted octanol–water partition coefficient (Wildman–Crippen LogP) is 3.51. The number of ether oxygens (including phenoxy) is 2. The van der Waals surface area contributed by atoms with Gasteiger partial charge >= 0.3 is 0 Å². The summed E-state index contributed by atoms with van der Waals surface area (Å²) in [5.74, 6) is 0.990. The van der Waals surface area contributed by atoms with Crippen LogP contribution >= 0.6 is 0 Å². The van der Waals surface area contributed by atoms with Crippen LogP contribution in [0.3, 0.4) is 0 Å². The van der Waals surface area contributed by atoms with Crippen LogP contribution in [0.2, 0.25) is 0 Å². The van der Waals surface area contributed by atoms with Gasteiger partial charge in [-0.2, -0.15) is 0 Å². The summed E-state index contributed by atoms with van der Waals surface area (Å²) in [5, 5.41) is 12.1. The highest BCUT2D eigenvalue weighted by molar-refractivity contribution is 5.93. The fraction of sp³-hybridized carbons (Fsp3) is 0.136. The quantitative estimate of drug-likeness (QED) is 0.469. The number of hydroxylamine groups is 1. The average Bonchev–Trinajstić information content (AvgIpc) is 3.22. The van der Waals surface area contributed by atoms with Gasteiger partial charge in [-0.05, 0) is 59.6 Å². The lowest BCUT2D eigenvalue weighted by atomic mass is 9.94. The Bertz CT molecular complexity index is 1000. The first-order valence-corrected chi connectivity index (χ1v) is 8.91. The molecule has 1 atom stereocenters. The Kier molecular flexibility index (Phi) is 4.97. The van der Waals surface area contributed by atoms with Crippen molar-refractivity contribution < 1.29 is 19.5 Å². The van der Waals surface area contributed by atoms with E-state index >= 15 is 0 Å². The van der Waals surface area contributed by atoms with E-state index < -0.39 is 5.91 Å². The van der Waals surface area contributed by atoms with E-state index in [1.807, 2.05) is 49.5 Å². The Balaban J connectivity index is 1.64. The number of hydrogen-bond donors (Lipinski definition) is 3. The van der Waals surface area contributed by atoms with E-state index in [1.165, 1.54) is 0 Å². The number of amides is 1. The molecule has 0 spiro atoms. The minimum absolute atomic E-state index is 0.00566. The number of benzene rings is 3. The van der Waals surface area contributed by atoms with Crippen molar-refractivity contribution in [3.8, 4) is 22.6 Å². The van der Waals surface area contributed by atoms with Crippen molar-refractivity contribution in [2.24, 2.45) is 0 Å². The van der Waals surface area contributed by atoms with Crippen molar-refractivity contribution in [3.05, 3.63) is 83.4 Å². The number of fused-ring (bicyclic) bond motifs is 1. The third kappa shape index (κ3) is 3.43. The van der Waals surface area contributed by atoms with Crippen LogP contribution in [0.25, 0.3) is 11.1 Å². The maximum Gasteiger partial charge on any atom is 0.274 e. The van der Waals surface area contributed by atoms with E-state index in [9.17, 15) is 4.79 Å². The van der Waals surface area contributed by atoms with Gasteiger partial charge in [-0.25, -0.2) is 5.48 Å². The number of carbonyl (C=O) groups excluding carboxylic acids is 1. The highest BCUT2D eigenvalue weighted by Crippen LogP contribution is 2.36. The second-order valence-electron chi connectivity index (χ2n) is 6.48. The summed E-state index contributed by atoms with van der Waals surface area (Å²) < 4.78 is 10.9.